The van der Waals surface area contributed by atoms with Gasteiger partial charge in [-0.1, -0.05) is 20.3 Å². The maximum Gasteiger partial charge on any atom is 0.0547 e. The van der Waals surface area contributed by atoms with Gasteiger partial charge >= 0.3 is 0 Å². The molecule has 3 unspecified atom stereocenters. The summed E-state index contributed by atoms with van der Waals surface area (Å²) >= 11 is 0. The monoisotopic (exact) mass is 266 g/mol. The van der Waals surface area contributed by atoms with Crippen LogP contribution in [0.15, 0.2) is 0 Å². The first-order valence-corrected chi connectivity index (χ1v) is 8.20. The van der Waals surface area contributed by atoms with Gasteiger partial charge in [0, 0.05) is 44.2 Å². The second-order valence-electron chi connectivity index (χ2n) is 7.48. The fourth-order valence-corrected chi connectivity index (χ4v) is 4.33. The average Bonchev–Trinajstić information content (AvgIpc) is 3.03. The fraction of sp³-hybridized carbons (Fsp3) is 1.00. The van der Waals surface area contributed by atoms with Crippen molar-refractivity contribution in [2.24, 2.45) is 17.3 Å². The predicted octanol–water partition coefficient (Wildman–Crippen LogP) is 2.12. The van der Waals surface area contributed by atoms with E-state index < -0.39 is 0 Å². The highest BCUT2D eigenvalue weighted by Crippen LogP contribution is 2.39. The lowest BCUT2D eigenvalue weighted by atomic mass is 9.86. The van der Waals surface area contributed by atoms with Gasteiger partial charge in [-0.15, -0.1) is 0 Å². The lowest BCUT2D eigenvalue weighted by Crippen LogP contribution is -2.45. The molecule has 0 aromatic carbocycles. The largest absolute Gasteiger partial charge is 0.381 e. The second kappa shape index (κ2) is 5.71. The zero-order chi connectivity index (χ0) is 13.3. The summed E-state index contributed by atoms with van der Waals surface area (Å²) in [6.45, 7) is 11.5. The molecular formula is C16H30N2O. The first-order valence-electron chi connectivity index (χ1n) is 8.20. The van der Waals surface area contributed by atoms with Crippen LogP contribution in [0.2, 0.25) is 0 Å². The summed E-state index contributed by atoms with van der Waals surface area (Å²) in [6.07, 6.45) is 5.68. The topological polar surface area (TPSA) is 24.5 Å². The predicted molar refractivity (Wildman–Crippen MR) is 78.3 cm³/mol. The number of ether oxygens (including phenoxy) is 1. The molecule has 0 amide bonds. The number of likely N-dealkylation sites (tertiary alicyclic amines) is 1. The molecule has 0 spiro atoms. The fourth-order valence-electron chi connectivity index (χ4n) is 4.33. The minimum atomic E-state index is 0.378. The summed E-state index contributed by atoms with van der Waals surface area (Å²) in [4.78, 5) is 2.74. The molecule has 0 aromatic rings. The molecule has 3 heteroatoms. The van der Waals surface area contributed by atoms with Gasteiger partial charge in [-0.2, -0.15) is 0 Å². The van der Waals surface area contributed by atoms with Gasteiger partial charge in [0.15, 0.2) is 0 Å². The zero-order valence-corrected chi connectivity index (χ0v) is 12.7. The number of nitrogens with zero attached hydrogens (tertiary/aromatic N) is 1. The van der Waals surface area contributed by atoms with E-state index in [9.17, 15) is 0 Å². The lowest BCUT2D eigenvalue weighted by Gasteiger charge is -2.33. The van der Waals surface area contributed by atoms with Crippen LogP contribution in [-0.4, -0.2) is 50.3 Å². The van der Waals surface area contributed by atoms with E-state index in [1.165, 1.54) is 45.3 Å². The molecule has 3 atom stereocenters. The molecule has 1 N–H and O–H groups in total. The van der Waals surface area contributed by atoms with Gasteiger partial charge in [0.2, 0.25) is 0 Å². The summed E-state index contributed by atoms with van der Waals surface area (Å²) in [5, 5.41) is 3.65. The smallest absolute Gasteiger partial charge is 0.0547 e. The Morgan fingerprint density at radius 2 is 2.00 bits per heavy atom. The Balaban J connectivity index is 1.56. The van der Waals surface area contributed by atoms with Gasteiger partial charge in [-0.25, -0.2) is 0 Å². The van der Waals surface area contributed by atoms with E-state index >= 15 is 0 Å². The number of hydrogen-bond donors (Lipinski definition) is 1. The highest BCUT2D eigenvalue weighted by atomic mass is 16.5. The van der Waals surface area contributed by atoms with Crippen LogP contribution in [0.25, 0.3) is 0 Å². The molecule has 2 saturated heterocycles. The molecule has 0 bridgehead atoms. The van der Waals surface area contributed by atoms with E-state index in [1.54, 1.807) is 0 Å². The van der Waals surface area contributed by atoms with E-state index in [4.69, 9.17) is 4.74 Å². The Hall–Kier alpha value is -0.120. The number of nitrogens with one attached hydrogen (secondary N) is 1. The van der Waals surface area contributed by atoms with Crippen LogP contribution in [0, 0.1) is 17.3 Å². The molecule has 0 radical (unpaired) electrons. The maximum atomic E-state index is 5.73. The molecule has 3 aliphatic rings. The third-order valence-corrected chi connectivity index (χ3v) is 5.43. The minimum Gasteiger partial charge on any atom is -0.381 e. The third kappa shape index (κ3) is 3.14. The summed E-state index contributed by atoms with van der Waals surface area (Å²) in [5.41, 5.74) is 0.378. The number of fused-ring (bicyclic) bond motifs is 1. The average molecular weight is 266 g/mol. The lowest BCUT2D eigenvalue weighted by molar-refractivity contribution is 0.113. The Morgan fingerprint density at radius 3 is 2.58 bits per heavy atom. The van der Waals surface area contributed by atoms with Crippen molar-refractivity contribution in [2.75, 3.05) is 39.4 Å². The van der Waals surface area contributed by atoms with Gasteiger partial charge < -0.3 is 15.0 Å². The van der Waals surface area contributed by atoms with Crippen molar-refractivity contribution in [3.05, 3.63) is 0 Å². The first-order chi connectivity index (χ1) is 9.17. The summed E-state index contributed by atoms with van der Waals surface area (Å²) in [7, 11) is 0. The molecule has 2 heterocycles. The minimum absolute atomic E-state index is 0.378. The maximum absolute atomic E-state index is 5.73. The van der Waals surface area contributed by atoms with Crippen LogP contribution in [0.1, 0.15) is 39.5 Å². The zero-order valence-electron chi connectivity index (χ0n) is 12.7. The van der Waals surface area contributed by atoms with Crippen molar-refractivity contribution in [3.8, 4) is 0 Å². The molecule has 110 valence electrons. The Bertz CT molecular complexity index is 287. The molecule has 1 aliphatic carbocycles. The van der Waals surface area contributed by atoms with Crippen LogP contribution in [0.3, 0.4) is 0 Å². The molecule has 3 nitrogen and oxygen atoms in total. The standard InChI is InChI=1S/C16H30N2O/c1-13(2)17-10-16(6-7-19-12-16)11-18-8-14-4-3-5-15(14)9-18/h13-15,17H,3-12H2,1-2H3. The van der Waals surface area contributed by atoms with Crippen LogP contribution >= 0.6 is 0 Å². The Morgan fingerprint density at radius 1 is 1.26 bits per heavy atom. The highest BCUT2D eigenvalue weighted by molar-refractivity contribution is 4.94. The van der Waals surface area contributed by atoms with Gasteiger partial charge in [0.1, 0.15) is 0 Å². The van der Waals surface area contributed by atoms with Crippen molar-refractivity contribution >= 4 is 0 Å². The first kappa shape index (κ1) is 13.8. The molecule has 2 aliphatic heterocycles. The van der Waals surface area contributed by atoms with Crippen molar-refractivity contribution in [1.29, 1.82) is 0 Å². The normalized spacial score (nSPS) is 39.3. The van der Waals surface area contributed by atoms with Gasteiger partial charge in [0.25, 0.3) is 0 Å². The van der Waals surface area contributed by atoms with Gasteiger partial charge in [-0.05, 0) is 31.1 Å². The molecule has 19 heavy (non-hydrogen) atoms. The van der Waals surface area contributed by atoms with Crippen LogP contribution in [-0.2, 0) is 4.74 Å². The van der Waals surface area contributed by atoms with E-state index in [-0.39, 0.29) is 0 Å². The summed E-state index contributed by atoms with van der Waals surface area (Å²) in [6, 6.07) is 0.579. The SMILES string of the molecule is CC(C)NCC1(CN2CC3CCCC3C2)CCOC1. The Labute approximate surface area is 118 Å². The molecular weight excluding hydrogens is 236 g/mol. The molecule has 3 rings (SSSR count). The van der Waals surface area contributed by atoms with Gasteiger partial charge in [0.05, 0.1) is 6.61 Å². The van der Waals surface area contributed by atoms with Crippen LogP contribution < -0.4 is 5.32 Å². The van der Waals surface area contributed by atoms with Crippen molar-refractivity contribution in [1.82, 2.24) is 10.2 Å². The van der Waals surface area contributed by atoms with Crippen molar-refractivity contribution in [3.63, 3.8) is 0 Å². The summed E-state index contributed by atoms with van der Waals surface area (Å²) in [5.74, 6) is 2.02. The number of hydrogen-bond acceptors (Lipinski definition) is 3. The van der Waals surface area contributed by atoms with E-state index in [1.807, 2.05) is 0 Å². The van der Waals surface area contributed by atoms with E-state index in [0.29, 0.717) is 11.5 Å². The van der Waals surface area contributed by atoms with Gasteiger partial charge in [-0.3, -0.25) is 0 Å². The second-order valence-corrected chi connectivity index (χ2v) is 7.48. The van der Waals surface area contributed by atoms with Crippen molar-refractivity contribution < 1.29 is 4.74 Å². The summed E-state index contributed by atoms with van der Waals surface area (Å²) < 4.78 is 5.73. The highest BCUT2D eigenvalue weighted by Gasteiger charge is 2.41. The number of rotatable bonds is 5. The van der Waals surface area contributed by atoms with Crippen LogP contribution in [0.5, 0.6) is 0 Å². The molecule has 0 aromatic heterocycles. The quantitative estimate of drug-likeness (QED) is 0.825. The Kier molecular flexibility index (Phi) is 4.16. The van der Waals surface area contributed by atoms with Crippen LogP contribution in [0.4, 0.5) is 0 Å². The van der Waals surface area contributed by atoms with E-state index in [0.717, 1.165) is 31.6 Å². The van der Waals surface area contributed by atoms with Crippen molar-refractivity contribution in [2.45, 2.75) is 45.6 Å². The van der Waals surface area contributed by atoms with E-state index in [2.05, 4.69) is 24.1 Å². The third-order valence-electron chi connectivity index (χ3n) is 5.43. The molecule has 1 saturated carbocycles. The molecule has 3 fully saturated rings.